The molecular weight excluding hydrogens is 640 g/mol. The number of ether oxygens (including phenoxy) is 3. The summed E-state index contributed by atoms with van der Waals surface area (Å²) in [5.41, 5.74) is 3.09. The van der Waals surface area contributed by atoms with Gasteiger partial charge >= 0.3 is 0 Å². The van der Waals surface area contributed by atoms with Crippen LogP contribution in [0.15, 0.2) is 54.6 Å². The average Bonchev–Trinajstić information content (AvgIpc) is 3.70. The van der Waals surface area contributed by atoms with Gasteiger partial charge in [0.1, 0.15) is 24.2 Å². The number of imidazole rings is 1. The van der Waals surface area contributed by atoms with Gasteiger partial charge in [-0.3, -0.25) is 4.79 Å². The third-order valence-corrected chi connectivity index (χ3v) is 14.2. The third kappa shape index (κ3) is 5.00. The molecule has 3 heterocycles. The summed E-state index contributed by atoms with van der Waals surface area (Å²) in [5.74, 6) is 4.64. The first kappa shape index (κ1) is 32.6. The van der Waals surface area contributed by atoms with Crippen LogP contribution in [0.2, 0.25) is 0 Å². The van der Waals surface area contributed by atoms with Crippen molar-refractivity contribution in [1.82, 2.24) is 4.57 Å². The van der Waals surface area contributed by atoms with Crippen molar-refractivity contribution in [3.05, 3.63) is 60.2 Å². The first-order chi connectivity index (χ1) is 21.6. The highest BCUT2D eigenvalue weighted by molar-refractivity contribution is 5.95. The number of carbonyl (C=O) groups is 1. The van der Waals surface area contributed by atoms with Crippen LogP contribution >= 0.6 is 0 Å². The minimum atomic E-state index is -0.323. The van der Waals surface area contributed by atoms with E-state index in [0.29, 0.717) is 47.3 Å². The van der Waals surface area contributed by atoms with E-state index in [9.17, 15) is 4.79 Å². The van der Waals surface area contributed by atoms with Gasteiger partial charge in [0, 0.05) is 24.3 Å². The van der Waals surface area contributed by atoms with E-state index in [1.54, 1.807) is 12.7 Å². The fourth-order valence-electron chi connectivity index (χ4n) is 11.7. The number of Topliss-reactive ketones (excluding diaryl/α,β-unsaturated/α-hetero) is 1. The van der Waals surface area contributed by atoms with E-state index < -0.39 is 0 Å². The predicted molar refractivity (Wildman–Crippen MR) is 173 cm³/mol. The largest absolute Gasteiger partial charge is 1.00 e. The molecule has 2 aromatic rings. The minimum Gasteiger partial charge on any atom is -1.00 e. The number of nitrogens with zero attached hydrogens (tertiary/aromatic N) is 2. The summed E-state index contributed by atoms with van der Waals surface area (Å²) in [4.78, 5) is 12.9. The van der Waals surface area contributed by atoms with Crippen LogP contribution < -0.4 is 26.3 Å². The number of fused-ring (bicyclic) bond motifs is 7. The van der Waals surface area contributed by atoms with Gasteiger partial charge in [0.15, 0.2) is 12.3 Å². The Hall–Kier alpha value is -1.96. The first-order valence-corrected chi connectivity index (χ1v) is 17.9. The Bertz CT molecular complexity index is 1480. The molecule has 2 aliphatic heterocycles. The molecule has 250 valence electrons. The lowest BCUT2D eigenvalue weighted by Gasteiger charge is -2.58. The van der Waals surface area contributed by atoms with Crippen LogP contribution in [-0.4, -0.2) is 36.0 Å². The van der Waals surface area contributed by atoms with Crippen LogP contribution in [0.3, 0.4) is 0 Å². The van der Waals surface area contributed by atoms with E-state index >= 15 is 0 Å². The number of allylic oxidation sites excluding steroid dienone is 2. The molecule has 1 aromatic carbocycles. The van der Waals surface area contributed by atoms with Crippen molar-refractivity contribution >= 4 is 5.78 Å². The Morgan fingerprint density at radius 1 is 1.07 bits per heavy atom. The Morgan fingerprint density at radius 2 is 1.87 bits per heavy atom. The van der Waals surface area contributed by atoms with Crippen molar-refractivity contribution in [3.63, 3.8) is 0 Å². The van der Waals surface area contributed by atoms with Gasteiger partial charge < -0.3 is 31.2 Å². The zero-order chi connectivity index (χ0) is 31.1. The molecule has 1 spiro atoms. The van der Waals surface area contributed by atoms with E-state index in [1.807, 2.05) is 28.8 Å². The van der Waals surface area contributed by atoms with Gasteiger partial charge in [-0.05, 0) is 110 Å². The third-order valence-electron chi connectivity index (χ3n) is 14.2. The number of aromatic nitrogens is 2. The van der Waals surface area contributed by atoms with Crippen LogP contribution in [0.25, 0.3) is 0 Å². The van der Waals surface area contributed by atoms with Crippen LogP contribution in [-0.2, 0) is 16.0 Å². The molecule has 46 heavy (non-hydrogen) atoms. The lowest BCUT2D eigenvalue weighted by Crippen LogP contribution is -3.00. The van der Waals surface area contributed by atoms with E-state index in [2.05, 4.69) is 57.1 Å². The van der Waals surface area contributed by atoms with Gasteiger partial charge in [0.2, 0.25) is 12.1 Å². The summed E-state index contributed by atoms with van der Waals surface area (Å²) in [6, 6.07) is 7.87. The molecule has 11 atom stereocenters. The molecule has 8 rings (SSSR count). The number of methoxy groups -OCH3 is 1. The lowest BCUT2D eigenvalue weighted by molar-refractivity contribution is -0.682. The van der Waals surface area contributed by atoms with Crippen molar-refractivity contribution in [2.45, 2.75) is 110 Å². The number of carbonyl (C=O) groups excluding carboxylic acids is 1. The molecule has 4 aliphatic carbocycles. The molecule has 7 heteroatoms. The highest BCUT2D eigenvalue weighted by Gasteiger charge is 2.68. The molecule has 0 N–H and O–H groups in total. The summed E-state index contributed by atoms with van der Waals surface area (Å²) in [6.07, 6.45) is 20.5. The van der Waals surface area contributed by atoms with Crippen molar-refractivity contribution in [3.8, 4) is 5.75 Å². The van der Waals surface area contributed by atoms with Crippen LogP contribution in [0.1, 0.15) is 102 Å². The number of halogens is 1. The quantitative estimate of drug-likeness (QED) is 0.262. The summed E-state index contributed by atoms with van der Waals surface area (Å²) in [6.45, 7) is 11.2. The fraction of sp³-hybridized carbons (Fsp3) is 0.692. The van der Waals surface area contributed by atoms with Crippen LogP contribution in [0.5, 0.6) is 5.75 Å². The minimum absolute atomic E-state index is 0. The topological polar surface area (TPSA) is 53.6 Å². The van der Waals surface area contributed by atoms with Gasteiger partial charge in [0.05, 0.1) is 19.8 Å². The molecule has 0 unspecified atom stereocenters. The SMILES string of the molecule is COc1ccc(C(=O)C[n+]2ccn([C@@H]3CC[C@@]4(C)C(=CC[C@H]5[C@@H]6C[C@@H]7O[C@]8(CC[C@@H](C)CO8)[C@@H](C)[C@@H]7[C@@]6(C)CC[C@@H]54)C3)c2)cc1.[Br-]. The second-order valence-corrected chi connectivity index (χ2v) is 16.4. The standard InChI is InChI=1S/C39H53N2O4.BrH/c1-25-12-17-39(44-23-25)26(2)36-35(45-39)21-33-31-11-8-28-20-29(13-15-37(28,3)32(31)14-16-38(33,36)4)41-19-18-40(24-41)22-34(42)27-6-9-30(43-5)10-7-27;/h6-10,18-19,24-26,29,31-33,35-36H,11-17,20-23H2,1-5H3;1H/q+1;/p-1/t25-,26+,29-,31-,32+,33+,35+,36+,37+,38+,39-;/m1./s1. The van der Waals surface area contributed by atoms with E-state index in [-0.39, 0.29) is 28.6 Å². The summed E-state index contributed by atoms with van der Waals surface area (Å²) < 4.78 is 23.2. The molecular formula is C39H53BrN2O4. The first-order valence-electron chi connectivity index (χ1n) is 17.9. The van der Waals surface area contributed by atoms with Crippen molar-refractivity contribution in [1.29, 1.82) is 0 Å². The lowest BCUT2D eigenvalue weighted by atomic mass is 9.46. The summed E-state index contributed by atoms with van der Waals surface area (Å²) in [7, 11) is 1.65. The smallest absolute Gasteiger partial charge is 0.244 e. The molecule has 2 saturated heterocycles. The molecule has 1 aromatic heterocycles. The second kappa shape index (κ2) is 11.9. The summed E-state index contributed by atoms with van der Waals surface area (Å²) in [5, 5.41) is 0. The van der Waals surface area contributed by atoms with E-state index in [1.165, 1.54) is 44.9 Å². The van der Waals surface area contributed by atoms with Gasteiger partial charge in [0.25, 0.3) is 0 Å². The monoisotopic (exact) mass is 692 g/mol. The molecule has 3 saturated carbocycles. The normalized spacial score (nSPS) is 42.7. The Morgan fingerprint density at radius 3 is 2.61 bits per heavy atom. The molecule has 5 fully saturated rings. The van der Waals surface area contributed by atoms with Crippen molar-refractivity contribution in [2.24, 2.45) is 46.3 Å². The maximum absolute atomic E-state index is 12.9. The van der Waals surface area contributed by atoms with Gasteiger partial charge in [-0.1, -0.05) is 39.3 Å². The Balaban J connectivity index is 0.00000338. The van der Waals surface area contributed by atoms with Gasteiger partial charge in [-0.15, -0.1) is 0 Å². The van der Waals surface area contributed by atoms with Gasteiger partial charge in [-0.25, -0.2) is 9.13 Å². The molecule has 0 radical (unpaired) electrons. The zero-order valence-corrected chi connectivity index (χ0v) is 30.0. The van der Waals surface area contributed by atoms with Crippen LogP contribution in [0, 0.1) is 46.3 Å². The number of hydrogen-bond acceptors (Lipinski definition) is 4. The Labute approximate surface area is 286 Å². The Kier molecular flexibility index (Phi) is 8.41. The molecule has 6 aliphatic rings. The highest BCUT2D eigenvalue weighted by atomic mass is 79.9. The molecule has 0 amide bonds. The number of hydrogen-bond donors (Lipinski definition) is 0. The highest BCUT2D eigenvalue weighted by Crippen LogP contribution is 2.70. The molecule has 6 nitrogen and oxygen atoms in total. The maximum Gasteiger partial charge on any atom is 0.244 e. The maximum atomic E-state index is 12.9. The number of benzene rings is 1. The van der Waals surface area contributed by atoms with E-state index in [4.69, 9.17) is 14.2 Å². The number of rotatable bonds is 5. The van der Waals surface area contributed by atoms with Crippen molar-refractivity contribution < 1.29 is 40.6 Å². The molecule has 0 bridgehead atoms. The number of ketones is 1. The summed E-state index contributed by atoms with van der Waals surface area (Å²) >= 11 is 0. The second-order valence-electron chi connectivity index (χ2n) is 16.4. The predicted octanol–water partition coefficient (Wildman–Crippen LogP) is 4.58. The fourth-order valence-corrected chi connectivity index (χ4v) is 11.7. The van der Waals surface area contributed by atoms with Crippen molar-refractivity contribution in [2.75, 3.05) is 13.7 Å². The van der Waals surface area contributed by atoms with E-state index in [0.717, 1.165) is 48.5 Å². The van der Waals surface area contributed by atoms with Gasteiger partial charge in [-0.2, -0.15) is 0 Å². The zero-order valence-electron chi connectivity index (χ0n) is 28.4. The average molecular weight is 694 g/mol. The van der Waals surface area contributed by atoms with Crippen LogP contribution in [0.4, 0.5) is 0 Å².